The molecule has 0 heterocycles. The summed E-state index contributed by atoms with van der Waals surface area (Å²) in [5.41, 5.74) is 0.932. The van der Waals surface area contributed by atoms with Crippen molar-refractivity contribution in [1.29, 1.82) is 0 Å². The Hall–Kier alpha value is -1.61. The van der Waals surface area contributed by atoms with E-state index in [1.807, 2.05) is 62.4 Å². The number of halogens is 2. The molecule has 0 saturated carbocycles. The van der Waals surface area contributed by atoms with E-state index < -0.39 is 6.04 Å². The van der Waals surface area contributed by atoms with Crippen LogP contribution in [0, 0.1) is 3.57 Å². The van der Waals surface area contributed by atoms with E-state index in [0.717, 1.165) is 13.6 Å². The van der Waals surface area contributed by atoms with E-state index in [9.17, 15) is 9.59 Å². The van der Waals surface area contributed by atoms with Crippen molar-refractivity contribution in [3.05, 3.63) is 62.1 Å². The largest absolute Gasteiger partial charge is 0.484 e. The zero-order valence-electron chi connectivity index (χ0n) is 16.1. The Morgan fingerprint density at radius 1 is 1.14 bits per heavy atom. The Labute approximate surface area is 188 Å². The standard InChI is InChI=1S/C21H24BrIN2O3/c1-14(2)24-21(27)15(3)25(12-16-5-4-6-17(22)11-16)20(26)13-28-19-9-7-18(23)8-10-19/h4-11,14-15H,12-13H2,1-3H3,(H,24,27)/t15-/m1/s1. The van der Waals surface area contributed by atoms with Crippen LogP contribution in [0.3, 0.4) is 0 Å². The molecule has 0 spiro atoms. The average molecular weight is 559 g/mol. The molecule has 28 heavy (non-hydrogen) atoms. The summed E-state index contributed by atoms with van der Waals surface area (Å²) in [7, 11) is 0. The van der Waals surface area contributed by atoms with Crippen molar-refractivity contribution in [2.75, 3.05) is 6.61 Å². The molecule has 7 heteroatoms. The number of rotatable bonds is 8. The summed E-state index contributed by atoms with van der Waals surface area (Å²) in [5.74, 6) is 0.188. The SMILES string of the molecule is CC(C)NC(=O)[C@@H](C)N(Cc1cccc(Br)c1)C(=O)COc1ccc(I)cc1. The number of ether oxygens (including phenoxy) is 1. The summed E-state index contributed by atoms with van der Waals surface area (Å²) in [4.78, 5) is 27.0. The van der Waals surface area contributed by atoms with E-state index in [1.165, 1.54) is 0 Å². The molecular formula is C21H24BrIN2O3. The first-order chi connectivity index (χ1) is 13.3. The molecule has 1 atom stereocenters. The summed E-state index contributed by atoms with van der Waals surface area (Å²) in [6.45, 7) is 5.71. The maximum Gasteiger partial charge on any atom is 0.261 e. The quantitative estimate of drug-likeness (QED) is 0.489. The Morgan fingerprint density at radius 2 is 1.82 bits per heavy atom. The van der Waals surface area contributed by atoms with E-state index in [1.54, 1.807) is 11.8 Å². The summed E-state index contributed by atoms with van der Waals surface area (Å²) in [6, 6.07) is 14.6. The lowest BCUT2D eigenvalue weighted by atomic mass is 10.1. The molecule has 0 aliphatic rings. The molecule has 1 N–H and O–H groups in total. The highest BCUT2D eigenvalue weighted by atomic mass is 127. The molecule has 0 radical (unpaired) electrons. The first-order valence-electron chi connectivity index (χ1n) is 8.99. The van der Waals surface area contributed by atoms with Crippen molar-refractivity contribution in [3.63, 3.8) is 0 Å². The van der Waals surface area contributed by atoms with Gasteiger partial charge in [0, 0.05) is 20.6 Å². The van der Waals surface area contributed by atoms with Crippen LogP contribution < -0.4 is 10.1 Å². The highest BCUT2D eigenvalue weighted by Gasteiger charge is 2.26. The van der Waals surface area contributed by atoms with Crippen molar-refractivity contribution >= 4 is 50.3 Å². The fourth-order valence-electron chi connectivity index (χ4n) is 2.58. The van der Waals surface area contributed by atoms with Gasteiger partial charge in [0.2, 0.25) is 5.91 Å². The zero-order chi connectivity index (χ0) is 20.7. The van der Waals surface area contributed by atoms with Crippen molar-refractivity contribution in [2.24, 2.45) is 0 Å². The first kappa shape index (κ1) is 22.7. The van der Waals surface area contributed by atoms with Gasteiger partial charge in [0.25, 0.3) is 5.91 Å². The number of hydrogen-bond acceptors (Lipinski definition) is 3. The van der Waals surface area contributed by atoms with Crippen LogP contribution in [-0.2, 0) is 16.1 Å². The topological polar surface area (TPSA) is 58.6 Å². The average Bonchev–Trinajstić information content (AvgIpc) is 2.64. The van der Waals surface area contributed by atoms with Crippen molar-refractivity contribution in [1.82, 2.24) is 10.2 Å². The lowest BCUT2D eigenvalue weighted by Crippen LogP contribution is -2.50. The Balaban J connectivity index is 2.14. The zero-order valence-corrected chi connectivity index (χ0v) is 19.9. The van der Waals surface area contributed by atoms with Gasteiger partial charge in [-0.25, -0.2) is 0 Å². The second-order valence-corrected chi connectivity index (χ2v) is 8.89. The lowest BCUT2D eigenvalue weighted by Gasteiger charge is -2.29. The van der Waals surface area contributed by atoms with Crippen LogP contribution in [0.5, 0.6) is 5.75 Å². The fourth-order valence-corrected chi connectivity index (χ4v) is 3.38. The number of nitrogens with one attached hydrogen (secondary N) is 1. The van der Waals surface area contributed by atoms with Gasteiger partial charge in [0.15, 0.2) is 6.61 Å². The number of carbonyl (C=O) groups excluding carboxylic acids is 2. The third-order valence-electron chi connectivity index (χ3n) is 4.02. The minimum atomic E-state index is -0.616. The molecule has 2 aromatic rings. The van der Waals surface area contributed by atoms with Crippen LogP contribution in [0.15, 0.2) is 53.0 Å². The summed E-state index contributed by atoms with van der Waals surface area (Å²) < 4.78 is 7.65. The highest BCUT2D eigenvalue weighted by Crippen LogP contribution is 2.17. The van der Waals surface area contributed by atoms with Gasteiger partial charge < -0.3 is 15.0 Å². The normalized spacial score (nSPS) is 11.8. The molecule has 2 aromatic carbocycles. The Bertz CT molecular complexity index is 812. The van der Waals surface area contributed by atoms with Crippen LogP contribution in [0.2, 0.25) is 0 Å². The monoisotopic (exact) mass is 558 g/mol. The molecule has 5 nitrogen and oxygen atoms in total. The predicted octanol–water partition coefficient (Wildman–Crippen LogP) is 4.37. The van der Waals surface area contributed by atoms with E-state index >= 15 is 0 Å². The highest BCUT2D eigenvalue weighted by molar-refractivity contribution is 14.1. The molecule has 2 amide bonds. The Kier molecular flexibility index (Phi) is 8.75. The van der Waals surface area contributed by atoms with Crippen molar-refractivity contribution in [2.45, 2.75) is 39.4 Å². The molecular weight excluding hydrogens is 535 g/mol. The van der Waals surface area contributed by atoms with E-state index in [-0.39, 0.29) is 24.5 Å². The molecule has 0 unspecified atom stereocenters. The maximum atomic E-state index is 12.9. The minimum absolute atomic E-state index is 0.000753. The van der Waals surface area contributed by atoms with Gasteiger partial charge in [-0.2, -0.15) is 0 Å². The number of carbonyl (C=O) groups is 2. The second kappa shape index (κ2) is 10.8. The van der Waals surface area contributed by atoms with Gasteiger partial charge in [-0.1, -0.05) is 28.1 Å². The molecule has 0 bridgehead atoms. The summed E-state index contributed by atoms with van der Waals surface area (Å²) in [6.07, 6.45) is 0. The van der Waals surface area contributed by atoms with Crippen LogP contribution >= 0.6 is 38.5 Å². The molecule has 2 rings (SSSR count). The van der Waals surface area contributed by atoms with Crippen LogP contribution in [0.4, 0.5) is 0 Å². The van der Waals surface area contributed by atoms with Gasteiger partial charge in [-0.3, -0.25) is 9.59 Å². The lowest BCUT2D eigenvalue weighted by molar-refractivity contribution is -0.142. The van der Waals surface area contributed by atoms with Gasteiger partial charge in [-0.05, 0) is 85.3 Å². The molecule has 150 valence electrons. The number of amides is 2. The Morgan fingerprint density at radius 3 is 2.43 bits per heavy atom. The molecule has 0 fully saturated rings. The van der Waals surface area contributed by atoms with E-state index in [4.69, 9.17) is 4.74 Å². The second-order valence-electron chi connectivity index (χ2n) is 6.73. The molecule has 0 saturated heterocycles. The van der Waals surface area contributed by atoms with Crippen LogP contribution in [0.1, 0.15) is 26.3 Å². The van der Waals surface area contributed by atoms with Gasteiger partial charge in [0.1, 0.15) is 11.8 Å². The molecule has 0 aliphatic carbocycles. The number of benzene rings is 2. The van der Waals surface area contributed by atoms with E-state index in [0.29, 0.717) is 12.3 Å². The van der Waals surface area contributed by atoms with Gasteiger partial charge >= 0.3 is 0 Å². The summed E-state index contributed by atoms with van der Waals surface area (Å²) >= 11 is 5.66. The predicted molar refractivity (Wildman–Crippen MR) is 122 cm³/mol. The minimum Gasteiger partial charge on any atom is -0.484 e. The van der Waals surface area contributed by atoms with Gasteiger partial charge in [0.05, 0.1) is 0 Å². The maximum absolute atomic E-state index is 12.9. The number of nitrogens with zero attached hydrogens (tertiary/aromatic N) is 1. The number of hydrogen-bond donors (Lipinski definition) is 1. The summed E-state index contributed by atoms with van der Waals surface area (Å²) in [5, 5.41) is 2.87. The van der Waals surface area contributed by atoms with Crippen molar-refractivity contribution < 1.29 is 14.3 Å². The van der Waals surface area contributed by atoms with Crippen molar-refractivity contribution in [3.8, 4) is 5.75 Å². The van der Waals surface area contributed by atoms with Crippen LogP contribution in [0.25, 0.3) is 0 Å². The van der Waals surface area contributed by atoms with Crippen LogP contribution in [-0.4, -0.2) is 35.4 Å². The van der Waals surface area contributed by atoms with Gasteiger partial charge in [-0.15, -0.1) is 0 Å². The molecule has 0 aromatic heterocycles. The smallest absolute Gasteiger partial charge is 0.261 e. The third kappa shape index (κ3) is 7.09. The third-order valence-corrected chi connectivity index (χ3v) is 5.23. The molecule has 0 aliphatic heterocycles. The fraction of sp³-hybridized carbons (Fsp3) is 0.333. The van der Waals surface area contributed by atoms with E-state index in [2.05, 4.69) is 43.8 Å². The first-order valence-corrected chi connectivity index (χ1v) is 10.9.